The molecule has 0 atom stereocenters. The van der Waals surface area contributed by atoms with Gasteiger partial charge in [0, 0.05) is 35.8 Å². The number of nitrogens with zero attached hydrogens (tertiary/aromatic N) is 2. The Bertz CT molecular complexity index is 437. The number of thioether (sulfide) groups is 2. The Morgan fingerprint density at radius 1 is 0.750 bits per heavy atom. The highest BCUT2D eigenvalue weighted by atomic mass is 32.2. The Morgan fingerprint density at radius 3 is 1.75 bits per heavy atom. The van der Waals surface area contributed by atoms with Gasteiger partial charge in [-0.3, -0.25) is 0 Å². The fourth-order valence-corrected chi connectivity index (χ4v) is 3.95. The first-order chi connectivity index (χ1) is 9.92. The van der Waals surface area contributed by atoms with Crippen molar-refractivity contribution in [3.63, 3.8) is 0 Å². The molecule has 2 nitrogen and oxygen atoms in total. The lowest BCUT2D eigenvalue weighted by molar-refractivity contribution is -0.939. The topological polar surface area (TPSA) is 7.76 Å². The molecule has 0 spiro atoms. The van der Waals surface area contributed by atoms with Crippen molar-refractivity contribution in [1.29, 1.82) is 0 Å². The summed E-state index contributed by atoms with van der Waals surface area (Å²) in [5, 5.41) is 0. The van der Waals surface area contributed by atoms with Crippen molar-refractivity contribution >= 4 is 23.5 Å². The van der Waals surface area contributed by atoms with Gasteiger partial charge in [-0.15, -0.1) is 20.9 Å². The second-order valence-corrected chi connectivity index (χ2v) is 6.94. The number of hydrogen-bond donors (Lipinski definition) is 0. The first-order valence-corrected chi connectivity index (χ1v) is 9.30. The molecule has 0 radical (unpaired) electrons. The van der Waals surface area contributed by atoms with Gasteiger partial charge in [-0.05, 0) is 5.75 Å². The van der Waals surface area contributed by atoms with E-state index in [1.165, 1.54) is 17.3 Å². The second kappa shape index (κ2) is 9.03. The van der Waals surface area contributed by atoms with E-state index < -0.39 is 0 Å². The molecule has 0 fully saturated rings. The van der Waals surface area contributed by atoms with E-state index in [9.17, 15) is 0 Å². The lowest BCUT2D eigenvalue weighted by Crippen LogP contribution is -2.58. The molecule has 0 aliphatic rings. The minimum Gasteiger partial charge on any atom is -0.161 e. The van der Waals surface area contributed by atoms with Crippen LogP contribution in [0.25, 0.3) is 0 Å². The maximum absolute atomic E-state index is 2.28. The van der Waals surface area contributed by atoms with Crippen LogP contribution in [0.4, 0.5) is 0 Å². The zero-order valence-electron chi connectivity index (χ0n) is 11.9. The predicted molar refractivity (Wildman–Crippen MR) is 88.0 cm³/mol. The summed E-state index contributed by atoms with van der Waals surface area (Å²) in [7, 11) is 0. The molecule has 0 amide bonds. The summed E-state index contributed by atoms with van der Waals surface area (Å²) in [6.07, 6.45) is 8.92. The molecule has 2 heterocycles. The molecule has 0 saturated carbocycles. The number of hydrogen-bond acceptors (Lipinski definition) is 2. The van der Waals surface area contributed by atoms with Crippen LogP contribution in [0.5, 0.6) is 0 Å². The van der Waals surface area contributed by atoms with E-state index in [1.807, 2.05) is 23.5 Å². The molecule has 2 aromatic rings. The Morgan fingerprint density at radius 2 is 1.25 bits per heavy atom. The standard InChI is InChI=1S/C16H22N2S2/c1-2-19-13-14-20-15-16(17-9-5-3-6-10-17)18-11-7-4-8-12-18/h3-12,16H,2,13-15H2,1H3/q+2. The van der Waals surface area contributed by atoms with E-state index >= 15 is 0 Å². The molecule has 0 aliphatic carbocycles. The van der Waals surface area contributed by atoms with Crippen LogP contribution in [0, 0.1) is 0 Å². The van der Waals surface area contributed by atoms with E-state index in [4.69, 9.17) is 0 Å². The summed E-state index contributed by atoms with van der Waals surface area (Å²) in [6.45, 7) is 2.22. The van der Waals surface area contributed by atoms with E-state index in [0.717, 1.165) is 5.75 Å². The summed E-state index contributed by atoms with van der Waals surface area (Å²) in [5.41, 5.74) is 0. The van der Waals surface area contributed by atoms with Gasteiger partial charge >= 0.3 is 6.17 Å². The minimum absolute atomic E-state index is 0.342. The molecule has 0 saturated heterocycles. The van der Waals surface area contributed by atoms with Gasteiger partial charge in [-0.25, -0.2) is 0 Å². The molecule has 2 aromatic heterocycles. The lowest BCUT2D eigenvalue weighted by atomic mass is 10.4. The molecule has 4 heteroatoms. The summed E-state index contributed by atoms with van der Waals surface area (Å²) in [5.74, 6) is 4.76. The van der Waals surface area contributed by atoms with Crippen LogP contribution in [0.15, 0.2) is 61.2 Å². The third kappa shape index (κ3) is 4.84. The Balaban J connectivity index is 2.02. The average molecular weight is 307 g/mol. The lowest BCUT2D eigenvalue weighted by Gasteiger charge is -2.07. The number of rotatable bonds is 8. The molecule has 0 aromatic carbocycles. The molecule has 2 rings (SSSR count). The summed E-state index contributed by atoms with van der Waals surface area (Å²) in [4.78, 5) is 0. The maximum atomic E-state index is 2.28. The summed E-state index contributed by atoms with van der Waals surface area (Å²) < 4.78 is 4.56. The summed E-state index contributed by atoms with van der Waals surface area (Å²) >= 11 is 4.05. The quantitative estimate of drug-likeness (QED) is 0.547. The molecular weight excluding hydrogens is 284 g/mol. The van der Waals surface area contributed by atoms with Crippen molar-refractivity contribution in [1.82, 2.24) is 0 Å². The van der Waals surface area contributed by atoms with Gasteiger partial charge in [0.25, 0.3) is 0 Å². The van der Waals surface area contributed by atoms with E-state index in [1.54, 1.807) is 0 Å². The van der Waals surface area contributed by atoms with Crippen LogP contribution in [0.2, 0.25) is 0 Å². The van der Waals surface area contributed by atoms with Gasteiger partial charge in [-0.2, -0.15) is 11.8 Å². The van der Waals surface area contributed by atoms with Crippen LogP contribution >= 0.6 is 23.5 Å². The first kappa shape index (κ1) is 15.4. The van der Waals surface area contributed by atoms with E-state index in [0.29, 0.717) is 6.17 Å². The predicted octanol–water partition coefficient (Wildman–Crippen LogP) is 2.79. The largest absolute Gasteiger partial charge is 0.361 e. The van der Waals surface area contributed by atoms with Gasteiger partial charge in [0.1, 0.15) is 5.75 Å². The van der Waals surface area contributed by atoms with Crippen LogP contribution in [-0.2, 0) is 0 Å². The maximum Gasteiger partial charge on any atom is 0.361 e. The fourth-order valence-electron chi connectivity index (χ4n) is 2.00. The van der Waals surface area contributed by atoms with Crippen LogP contribution in [-0.4, -0.2) is 23.0 Å². The fraction of sp³-hybridized carbons (Fsp3) is 0.375. The highest BCUT2D eigenvalue weighted by molar-refractivity contribution is 8.02. The van der Waals surface area contributed by atoms with E-state index in [2.05, 4.69) is 77.2 Å². The first-order valence-electron chi connectivity index (χ1n) is 6.99. The smallest absolute Gasteiger partial charge is 0.161 e. The van der Waals surface area contributed by atoms with Crippen molar-refractivity contribution in [2.45, 2.75) is 13.1 Å². The Hall–Kier alpha value is -1.00. The number of pyridine rings is 2. The van der Waals surface area contributed by atoms with Crippen LogP contribution in [0.1, 0.15) is 13.1 Å². The second-order valence-electron chi connectivity index (χ2n) is 4.40. The molecule has 106 valence electrons. The van der Waals surface area contributed by atoms with Crippen molar-refractivity contribution < 1.29 is 9.13 Å². The highest BCUT2D eigenvalue weighted by Gasteiger charge is 2.26. The minimum atomic E-state index is 0.342. The molecule has 0 unspecified atom stereocenters. The third-order valence-electron chi connectivity index (χ3n) is 3.01. The third-order valence-corrected chi connectivity index (χ3v) is 5.19. The monoisotopic (exact) mass is 306 g/mol. The molecule has 0 bridgehead atoms. The van der Waals surface area contributed by atoms with Crippen molar-refractivity contribution in [3.8, 4) is 0 Å². The van der Waals surface area contributed by atoms with Crippen molar-refractivity contribution in [2.75, 3.05) is 23.0 Å². The van der Waals surface area contributed by atoms with Crippen molar-refractivity contribution in [2.24, 2.45) is 0 Å². The molecule has 0 aliphatic heterocycles. The molecular formula is C16H22N2S2+2. The molecule has 20 heavy (non-hydrogen) atoms. The zero-order valence-corrected chi connectivity index (χ0v) is 13.5. The normalized spacial score (nSPS) is 10.9. The van der Waals surface area contributed by atoms with Gasteiger partial charge in [0.15, 0.2) is 24.8 Å². The zero-order chi connectivity index (χ0) is 14.0. The van der Waals surface area contributed by atoms with Crippen molar-refractivity contribution in [3.05, 3.63) is 61.2 Å². The highest BCUT2D eigenvalue weighted by Crippen LogP contribution is 2.10. The van der Waals surface area contributed by atoms with Gasteiger partial charge in [0.2, 0.25) is 0 Å². The van der Waals surface area contributed by atoms with E-state index in [-0.39, 0.29) is 0 Å². The van der Waals surface area contributed by atoms with Crippen LogP contribution in [0.3, 0.4) is 0 Å². The average Bonchev–Trinajstić information content (AvgIpc) is 2.53. The van der Waals surface area contributed by atoms with Gasteiger partial charge in [0.05, 0.1) is 0 Å². The molecule has 0 N–H and O–H groups in total. The van der Waals surface area contributed by atoms with Gasteiger partial charge in [-0.1, -0.05) is 19.1 Å². The SMILES string of the molecule is CCSCCSCC([n+]1ccccc1)[n+]1ccccc1. The van der Waals surface area contributed by atoms with Crippen LogP contribution < -0.4 is 9.13 Å². The van der Waals surface area contributed by atoms with Gasteiger partial charge < -0.3 is 0 Å². The summed E-state index contributed by atoms with van der Waals surface area (Å²) in [6, 6.07) is 12.5. The number of aromatic nitrogens is 2. The Labute approximate surface area is 130 Å². The Kier molecular flexibility index (Phi) is 6.95.